The number of rotatable bonds is 2. The molecule has 1 aliphatic rings. The maximum absolute atomic E-state index is 5.20. The first-order valence-electron chi connectivity index (χ1n) is 4.04. The van der Waals surface area contributed by atoms with E-state index in [0.717, 1.165) is 13.2 Å². The van der Waals surface area contributed by atoms with Crippen LogP contribution in [0.5, 0.6) is 0 Å². The molecular formula is C9H12N2O. The fourth-order valence-electron chi connectivity index (χ4n) is 1.43. The third-order valence-electron chi connectivity index (χ3n) is 2.41. The van der Waals surface area contributed by atoms with E-state index in [2.05, 4.69) is 10.3 Å². The van der Waals surface area contributed by atoms with Crippen molar-refractivity contribution < 1.29 is 4.74 Å². The molecule has 0 unspecified atom stereocenters. The quantitative estimate of drug-likeness (QED) is 0.692. The van der Waals surface area contributed by atoms with Crippen LogP contribution in [-0.2, 0) is 10.3 Å². The summed E-state index contributed by atoms with van der Waals surface area (Å²) in [6.07, 6.45) is 3.62. The Kier molecular flexibility index (Phi) is 1.83. The minimum absolute atomic E-state index is 0.0446. The molecule has 0 spiro atoms. The van der Waals surface area contributed by atoms with Gasteiger partial charge in [0, 0.05) is 12.4 Å². The Morgan fingerprint density at radius 2 is 2.08 bits per heavy atom. The van der Waals surface area contributed by atoms with Crippen molar-refractivity contribution >= 4 is 0 Å². The zero-order valence-corrected chi connectivity index (χ0v) is 7.08. The zero-order valence-electron chi connectivity index (χ0n) is 7.08. The molecule has 64 valence electrons. The van der Waals surface area contributed by atoms with E-state index < -0.39 is 0 Å². The fraction of sp³-hybridized carbons (Fsp3) is 0.444. The third-order valence-corrected chi connectivity index (χ3v) is 2.41. The number of hydrogen-bond donors (Lipinski definition) is 1. The SMILES string of the molecule is CNC1(c2ccncc2)COC1. The molecule has 1 saturated heterocycles. The molecule has 0 radical (unpaired) electrons. The van der Waals surface area contributed by atoms with Crippen molar-refractivity contribution in [2.45, 2.75) is 5.54 Å². The molecule has 2 rings (SSSR count). The van der Waals surface area contributed by atoms with Crippen molar-refractivity contribution in [2.75, 3.05) is 20.3 Å². The molecule has 0 saturated carbocycles. The van der Waals surface area contributed by atoms with Gasteiger partial charge >= 0.3 is 0 Å². The molecule has 0 aromatic carbocycles. The van der Waals surface area contributed by atoms with E-state index in [0.29, 0.717) is 0 Å². The van der Waals surface area contributed by atoms with Gasteiger partial charge in [-0.25, -0.2) is 0 Å². The van der Waals surface area contributed by atoms with E-state index in [9.17, 15) is 0 Å². The van der Waals surface area contributed by atoms with Gasteiger partial charge in [0.05, 0.1) is 18.8 Å². The number of pyridine rings is 1. The number of ether oxygens (including phenoxy) is 1. The second kappa shape index (κ2) is 2.84. The van der Waals surface area contributed by atoms with Gasteiger partial charge in [-0.15, -0.1) is 0 Å². The number of nitrogens with one attached hydrogen (secondary N) is 1. The Balaban J connectivity index is 2.28. The van der Waals surface area contributed by atoms with Crippen molar-refractivity contribution in [2.24, 2.45) is 0 Å². The Bertz CT molecular complexity index is 251. The van der Waals surface area contributed by atoms with Crippen molar-refractivity contribution in [1.82, 2.24) is 10.3 Å². The number of nitrogens with zero attached hydrogens (tertiary/aromatic N) is 1. The molecule has 1 N–H and O–H groups in total. The third kappa shape index (κ3) is 1.02. The van der Waals surface area contributed by atoms with Gasteiger partial charge in [0.2, 0.25) is 0 Å². The lowest BCUT2D eigenvalue weighted by Crippen LogP contribution is -2.56. The van der Waals surface area contributed by atoms with Gasteiger partial charge < -0.3 is 10.1 Å². The van der Waals surface area contributed by atoms with Gasteiger partial charge in [0.25, 0.3) is 0 Å². The molecule has 3 nitrogen and oxygen atoms in total. The summed E-state index contributed by atoms with van der Waals surface area (Å²) in [5.41, 5.74) is 1.30. The van der Waals surface area contributed by atoms with Gasteiger partial charge in [-0.1, -0.05) is 0 Å². The fourth-order valence-corrected chi connectivity index (χ4v) is 1.43. The van der Waals surface area contributed by atoms with Gasteiger partial charge in [0.15, 0.2) is 0 Å². The first-order chi connectivity index (χ1) is 5.87. The number of likely N-dealkylation sites (N-methyl/N-ethyl adjacent to an activating group) is 1. The van der Waals surface area contributed by atoms with Crippen molar-refractivity contribution in [3.8, 4) is 0 Å². The van der Waals surface area contributed by atoms with Crippen LogP contribution >= 0.6 is 0 Å². The van der Waals surface area contributed by atoms with Crippen molar-refractivity contribution in [3.63, 3.8) is 0 Å². The predicted molar refractivity (Wildman–Crippen MR) is 45.8 cm³/mol. The van der Waals surface area contributed by atoms with Crippen LogP contribution in [-0.4, -0.2) is 25.2 Å². The van der Waals surface area contributed by atoms with Crippen LogP contribution in [0.3, 0.4) is 0 Å². The molecule has 2 heterocycles. The van der Waals surface area contributed by atoms with E-state index in [1.807, 2.05) is 31.6 Å². The molecule has 3 heteroatoms. The van der Waals surface area contributed by atoms with Crippen LogP contribution < -0.4 is 5.32 Å². The molecule has 0 atom stereocenters. The second-order valence-electron chi connectivity index (χ2n) is 3.06. The molecule has 12 heavy (non-hydrogen) atoms. The summed E-state index contributed by atoms with van der Waals surface area (Å²) in [4.78, 5) is 3.98. The summed E-state index contributed by atoms with van der Waals surface area (Å²) in [5.74, 6) is 0. The zero-order chi connectivity index (χ0) is 8.44. The minimum Gasteiger partial charge on any atom is -0.377 e. The molecule has 1 aromatic heterocycles. The Labute approximate surface area is 71.8 Å². The highest BCUT2D eigenvalue weighted by atomic mass is 16.5. The average Bonchev–Trinajstić information content (AvgIpc) is 2.05. The Hall–Kier alpha value is -0.930. The van der Waals surface area contributed by atoms with Crippen LogP contribution in [0, 0.1) is 0 Å². The van der Waals surface area contributed by atoms with E-state index in [-0.39, 0.29) is 5.54 Å². The van der Waals surface area contributed by atoms with Crippen LogP contribution in [0.2, 0.25) is 0 Å². The summed E-state index contributed by atoms with van der Waals surface area (Å²) < 4.78 is 5.20. The number of aromatic nitrogens is 1. The van der Waals surface area contributed by atoms with E-state index >= 15 is 0 Å². The first-order valence-corrected chi connectivity index (χ1v) is 4.04. The molecule has 0 aliphatic carbocycles. The summed E-state index contributed by atoms with van der Waals surface area (Å²) in [5, 5.41) is 3.28. The van der Waals surface area contributed by atoms with Gasteiger partial charge in [-0.3, -0.25) is 4.98 Å². The highest BCUT2D eigenvalue weighted by Gasteiger charge is 2.38. The minimum atomic E-state index is 0.0446. The lowest BCUT2D eigenvalue weighted by Gasteiger charge is -2.41. The maximum Gasteiger partial charge on any atom is 0.0907 e. The van der Waals surface area contributed by atoms with Gasteiger partial charge in [-0.2, -0.15) is 0 Å². The lowest BCUT2D eigenvalue weighted by molar-refractivity contribution is -0.0748. The smallest absolute Gasteiger partial charge is 0.0907 e. The highest BCUT2D eigenvalue weighted by molar-refractivity contribution is 5.24. The Morgan fingerprint density at radius 1 is 1.42 bits per heavy atom. The summed E-state index contributed by atoms with van der Waals surface area (Å²) in [6, 6.07) is 4.05. The lowest BCUT2D eigenvalue weighted by atomic mass is 9.89. The standard InChI is InChI=1S/C9H12N2O/c1-10-9(6-12-7-9)8-2-4-11-5-3-8/h2-5,10H,6-7H2,1H3. The monoisotopic (exact) mass is 164 g/mol. The van der Waals surface area contributed by atoms with Gasteiger partial charge in [-0.05, 0) is 24.7 Å². The Morgan fingerprint density at radius 3 is 2.50 bits per heavy atom. The molecule has 0 bridgehead atoms. The van der Waals surface area contributed by atoms with Crippen LogP contribution in [0.15, 0.2) is 24.5 Å². The molecule has 1 aromatic rings. The van der Waals surface area contributed by atoms with Crippen LogP contribution in [0.4, 0.5) is 0 Å². The van der Waals surface area contributed by atoms with E-state index in [1.54, 1.807) is 0 Å². The molecule has 0 amide bonds. The normalized spacial score (nSPS) is 20.1. The van der Waals surface area contributed by atoms with Crippen LogP contribution in [0.1, 0.15) is 5.56 Å². The van der Waals surface area contributed by atoms with Gasteiger partial charge in [0.1, 0.15) is 0 Å². The van der Waals surface area contributed by atoms with Crippen molar-refractivity contribution in [3.05, 3.63) is 30.1 Å². The molecule has 1 fully saturated rings. The number of hydrogen-bond acceptors (Lipinski definition) is 3. The van der Waals surface area contributed by atoms with E-state index in [4.69, 9.17) is 4.74 Å². The molecule has 1 aliphatic heterocycles. The average molecular weight is 164 g/mol. The summed E-state index contributed by atoms with van der Waals surface area (Å²) in [6.45, 7) is 1.51. The second-order valence-corrected chi connectivity index (χ2v) is 3.06. The topological polar surface area (TPSA) is 34.2 Å². The van der Waals surface area contributed by atoms with Crippen LogP contribution in [0.25, 0.3) is 0 Å². The highest BCUT2D eigenvalue weighted by Crippen LogP contribution is 2.28. The van der Waals surface area contributed by atoms with Crippen molar-refractivity contribution in [1.29, 1.82) is 0 Å². The summed E-state index contributed by atoms with van der Waals surface area (Å²) >= 11 is 0. The summed E-state index contributed by atoms with van der Waals surface area (Å²) in [7, 11) is 1.96. The maximum atomic E-state index is 5.20. The largest absolute Gasteiger partial charge is 0.377 e. The first kappa shape index (κ1) is 7.71. The van der Waals surface area contributed by atoms with E-state index in [1.165, 1.54) is 5.56 Å². The molecular weight excluding hydrogens is 152 g/mol. The predicted octanol–water partition coefficient (Wildman–Crippen LogP) is 0.526.